The number of rotatable bonds is 7. The monoisotopic (exact) mass is 391 g/mol. The molecule has 3 atom stereocenters. The van der Waals surface area contributed by atoms with Gasteiger partial charge in [-0.05, 0) is 42.2 Å². The molecule has 1 aromatic rings. The van der Waals surface area contributed by atoms with Gasteiger partial charge >= 0.3 is 0 Å². The smallest absolute Gasteiger partial charge is 0.0854 e. The minimum Gasteiger partial charge on any atom is -0.392 e. The van der Waals surface area contributed by atoms with Crippen molar-refractivity contribution in [2.24, 2.45) is 21.8 Å². The molecule has 0 spiro atoms. The van der Waals surface area contributed by atoms with Gasteiger partial charge < -0.3 is 10.0 Å². The van der Waals surface area contributed by atoms with Gasteiger partial charge in [0, 0.05) is 37.6 Å². The summed E-state index contributed by atoms with van der Waals surface area (Å²) in [5.41, 5.74) is 6.95. The quantitative estimate of drug-likeness (QED) is 0.532. The van der Waals surface area contributed by atoms with Crippen LogP contribution in [-0.2, 0) is 6.61 Å². The van der Waals surface area contributed by atoms with Gasteiger partial charge in [-0.3, -0.25) is 9.98 Å². The lowest BCUT2D eigenvalue weighted by atomic mass is 9.85. The predicted octanol–water partition coefficient (Wildman–Crippen LogP) is 4.87. The fourth-order valence-electron chi connectivity index (χ4n) is 3.68. The number of aliphatic imine (C=N–C) groups is 2. The molecule has 1 heterocycles. The highest BCUT2D eigenvalue weighted by Crippen LogP contribution is 2.32. The summed E-state index contributed by atoms with van der Waals surface area (Å²) in [5, 5.41) is 9.23. The lowest BCUT2D eigenvalue weighted by molar-refractivity contribution is 0.282. The van der Waals surface area contributed by atoms with Crippen LogP contribution in [0.5, 0.6) is 0 Å². The average Bonchev–Trinajstić information content (AvgIpc) is 3.09. The zero-order valence-corrected chi connectivity index (χ0v) is 18.3. The topological polar surface area (TPSA) is 48.2 Å². The summed E-state index contributed by atoms with van der Waals surface area (Å²) >= 11 is 0. The van der Waals surface area contributed by atoms with Crippen LogP contribution in [0.15, 0.2) is 63.6 Å². The number of benzene rings is 1. The van der Waals surface area contributed by atoms with Gasteiger partial charge in [0.1, 0.15) is 0 Å². The first-order chi connectivity index (χ1) is 13.9. The third-order valence-electron chi connectivity index (χ3n) is 5.87. The molecule has 1 N–H and O–H groups in total. The van der Waals surface area contributed by atoms with E-state index in [0.717, 1.165) is 29.8 Å². The van der Waals surface area contributed by atoms with Crippen LogP contribution in [-0.4, -0.2) is 41.7 Å². The molecule has 1 aliphatic carbocycles. The van der Waals surface area contributed by atoms with E-state index in [2.05, 4.69) is 57.9 Å². The van der Waals surface area contributed by atoms with E-state index in [1.165, 1.54) is 16.9 Å². The van der Waals surface area contributed by atoms with Gasteiger partial charge in [0.05, 0.1) is 24.7 Å². The molecule has 3 rings (SSSR count). The Kier molecular flexibility index (Phi) is 6.86. The highest BCUT2D eigenvalue weighted by Gasteiger charge is 2.23. The minimum absolute atomic E-state index is 0.0714. The van der Waals surface area contributed by atoms with E-state index < -0.39 is 0 Å². The second kappa shape index (κ2) is 9.36. The molecule has 0 amide bonds. The highest BCUT2D eigenvalue weighted by molar-refractivity contribution is 5.99. The van der Waals surface area contributed by atoms with E-state index >= 15 is 0 Å². The van der Waals surface area contributed by atoms with Crippen LogP contribution in [0, 0.1) is 11.8 Å². The second-order valence-corrected chi connectivity index (χ2v) is 8.20. The molecule has 0 aromatic heterocycles. The van der Waals surface area contributed by atoms with Crippen molar-refractivity contribution in [3.63, 3.8) is 0 Å². The van der Waals surface area contributed by atoms with Crippen LogP contribution in [0.25, 0.3) is 5.70 Å². The maximum Gasteiger partial charge on any atom is 0.0854 e. The van der Waals surface area contributed by atoms with E-state index in [9.17, 15) is 5.11 Å². The molecule has 0 saturated carbocycles. The lowest BCUT2D eigenvalue weighted by Crippen LogP contribution is -2.22. The van der Waals surface area contributed by atoms with Gasteiger partial charge in [0.15, 0.2) is 0 Å². The predicted molar refractivity (Wildman–Crippen MR) is 123 cm³/mol. The molecular weight excluding hydrogens is 358 g/mol. The molecule has 4 heteroatoms. The molecule has 154 valence electrons. The van der Waals surface area contributed by atoms with E-state index in [0.29, 0.717) is 11.8 Å². The zero-order valence-electron chi connectivity index (χ0n) is 18.3. The standard InChI is InChI=1S/C25H33N3O/c1-6-28(5)16-26-23-12-17(2)22(11-18(23)3)14-24-19(4)13-25(27-24)21-9-7-20(15-29)8-10-21/h7-13,16,18-19,23,29H,6,14-15H2,1-5H3. The Morgan fingerprint density at radius 3 is 2.52 bits per heavy atom. The largest absolute Gasteiger partial charge is 0.392 e. The highest BCUT2D eigenvalue weighted by atomic mass is 16.3. The van der Waals surface area contributed by atoms with E-state index in [1.54, 1.807) is 0 Å². The van der Waals surface area contributed by atoms with Crippen molar-refractivity contribution in [2.75, 3.05) is 13.6 Å². The maximum atomic E-state index is 9.23. The minimum atomic E-state index is 0.0714. The Balaban J connectivity index is 1.71. The summed E-state index contributed by atoms with van der Waals surface area (Å²) in [6.45, 7) is 9.80. The van der Waals surface area contributed by atoms with Crippen molar-refractivity contribution < 1.29 is 5.11 Å². The number of aliphatic hydroxyl groups is 1. The third-order valence-corrected chi connectivity index (χ3v) is 5.87. The summed E-state index contributed by atoms with van der Waals surface area (Å²) in [4.78, 5) is 11.8. The van der Waals surface area contributed by atoms with E-state index in [-0.39, 0.29) is 12.6 Å². The SMILES string of the molecule is CCN(C)C=NC1C=C(C)C(CC2=NC(c3ccc(CO)cc3)=CC2C)=CC1C. The first kappa shape index (κ1) is 21.3. The first-order valence-electron chi connectivity index (χ1n) is 10.5. The molecule has 4 nitrogen and oxygen atoms in total. The normalized spacial score (nSPS) is 24.3. The summed E-state index contributed by atoms with van der Waals surface area (Å²) in [5.74, 6) is 0.714. The Labute approximate surface area is 175 Å². The van der Waals surface area contributed by atoms with Crippen LogP contribution in [0.1, 0.15) is 45.2 Å². The van der Waals surface area contributed by atoms with Gasteiger partial charge in [-0.25, -0.2) is 0 Å². The third kappa shape index (κ3) is 5.13. The van der Waals surface area contributed by atoms with E-state index in [4.69, 9.17) is 9.98 Å². The summed E-state index contributed by atoms with van der Waals surface area (Å²) < 4.78 is 0. The van der Waals surface area contributed by atoms with Crippen molar-refractivity contribution in [3.8, 4) is 0 Å². The molecule has 0 fully saturated rings. The molecule has 29 heavy (non-hydrogen) atoms. The molecule has 0 bridgehead atoms. The molecular formula is C25H33N3O. The van der Waals surface area contributed by atoms with Crippen molar-refractivity contribution >= 4 is 17.7 Å². The fourth-order valence-corrected chi connectivity index (χ4v) is 3.68. The Morgan fingerprint density at radius 2 is 1.86 bits per heavy atom. The molecule has 0 saturated heterocycles. The van der Waals surface area contributed by atoms with Crippen LogP contribution in [0.3, 0.4) is 0 Å². The molecule has 1 aliphatic heterocycles. The van der Waals surface area contributed by atoms with Crippen molar-refractivity contribution in [3.05, 3.63) is 64.8 Å². The van der Waals surface area contributed by atoms with Gasteiger partial charge in [-0.2, -0.15) is 0 Å². The van der Waals surface area contributed by atoms with Crippen LogP contribution in [0.2, 0.25) is 0 Å². The van der Waals surface area contributed by atoms with E-state index in [1.807, 2.05) is 30.6 Å². The molecule has 3 unspecified atom stereocenters. The fraction of sp³-hybridized carbons (Fsp3) is 0.440. The molecule has 0 radical (unpaired) electrons. The van der Waals surface area contributed by atoms with Crippen LogP contribution in [0.4, 0.5) is 0 Å². The second-order valence-electron chi connectivity index (χ2n) is 8.20. The maximum absolute atomic E-state index is 9.23. The first-order valence-corrected chi connectivity index (χ1v) is 10.5. The van der Waals surface area contributed by atoms with Crippen molar-refractivity contribution in [1.29, 1.82) is 0 Å². The number of hydrogen-bond acceptors (Lipinski definition) is 3. The number of hydrogen-bond donors (Lipinski definition) is 1. The van der Waals surface area contributed by atoms with Gasteiger partial charge in [0.25, 0.3) is 0 Å². The summed E-state index contributed by atoms with van der Waals surface area (Å²) in [6.07, 6.45) is 9.73. The number of aliphatic hydroxyl groups excluding tert-OH is 1. The van der Waals surface area contributed by atoms with Gasteiger partial charge in [0.2, 0.25) is 0 Å². The van der Waals surface area contributed by atoms with Crippen molar-refractivity contribution in [1.82, 2.24) is 4.90 Å². The Hall–Kier alpha value is -2.46. The van der Waals surface area contributed by atoms with Crippen LogP contribution >= 0.6 is 0 Å². The average molecular weight is 392 g/mol. The lowest BCUT2D eigenvalue weighted by Gasteiger charge is -2.24. The van der Waals surface area contributed by atoms with Gasteiger partial charge in [-0.1, -0.05) is 50.3 Å². The van der Waals surface area contributed by atoms with Crippen LogP contribution < -0.4 is 0 Å². The van der Waals surface area contributed by atoms with Gasteiger partial charge in [-0.15, -0.1) is 0 Å². The number of nitrogens with zero attached hydrogens (tertiary/aromatic N) is 3. The number of allylic oxidation sites excluding steroid dienone is 3. The van der Waals surface area contributed by atoms with Crippen molar-refractivity contribution in [2.45, 2.75) is 46.8 Å². The Morgan fingerprint density at radius 1 is 1.14 bits per heavy atom. The Bertz CT molecular complexity index is 874. The summed E-state index contributed by atoms with van der Waals surface area (Å²) in [7, 11) is 2.05. The molecule has 1 aromatic carbocycles. The zero-order chi connectivity index (χ0) is 21.0. The molecule has 2 aliphatic rings. The summed E-state index contributed by atoms with van der Waals surface area (Å²) in [6, 6.07) is 8.21.